The van der Waals surface area contributed by atoms with Crippen molar-refractivity contribution in [2.24, 2.45) is 0 Å². The molecule has 5 nitrogen and oxygen atoms in total. The molecule has 1 N–H and O–H groups in total. The lowest BCUT2D eigenvalue weighted by molar-refractivity contribution is -0.136. The molecule has 2 aliphatic rings. The molecule has 5 heteroatoms. The first kappa shape index (κ1) is 14.8. The number of carbonyl (C=O) groups excluding carboxylic acids is 2. The average Bonchev–Trinajstić information content (AvgIpc) is 3.00. The molecule has 1 aliphatic heterocycles. The van der Waals surface area contributed by atoms with Gasteiger partial charge in [-0.05, 0) is 37.0 Å². The quantitative estimate of drug-likeness (QED) is 0.680. The van der Waals surface area contributed by atoms with Gasteiger partial charge in [0.25, 0.3) is 0 Å². The summed E-state index contributed by atoms with van der Waals surface area (Å²) in [4.78, 5) is 24.8. The SMILES string of the molecule is COC(=O)C1=C(O)C2(CCC2)n2c(ccc2-c2ccccc2)C1=O. The molecule has 0 bridgehead atoms. The van der Waals surface area contributed by atoms with E-state index in [1.165, 1.54) is 7.11 Å². The molecular formula is C19H17NO4. The number of methoxy groups -OCH3 is 1. The van der Waals surface area contributed by atoms with Crippen LogP contribution in [0.25, 0.3) is 11.3 Å². The molecule has 2 heterocycles. The van der Waals surface area contributed by atoms with Gasteiger partial charge in [-0.25, -0.2) is 4.79 Å². The largest absolute Gasteiger partial charge is 0.509 e. The van der Waals surface area contributed by atoms with Gasteiger partial charge in [0.15, 0.2) is 0 Å². The maximum atomic E-state index is 12.8. The zero-order valence-corrected chi connectivity index (χ0v) is 13.3. The summed E-state index contributed by atoms with van der Waals surface area (Å²) in [6, 6.07) is 13.3. The fraction of sp³-hybridized carbons (Fsp3) is 0.263. The molecule has 1 spiro atoms. The molecule has 0 radical (unpaired) electrons. The Morgan fingerprint density at radius 2 is 1.79 bits per heavy atom. The summed E-state index contributed by atoms with van der Waals surface area (Å²) in [5.41, 5.74) is 1.31. The second-order valence-corrected chi connectivity index (χ2v) is 6.23. The van der Waals surface area contributed by atoms with E-state index in [9.17, 15) is 14.7 Å². The Labute approximate surface area is 139 Å². The van der Waals surface area contributed by atoms with E-state index in [2.05, 4.69) is 0 Å². The summed E-state index contributed by atoms with van der Waals surface area (Å²) in [5.74, 6) is -1.43. The monoisotopic (exact) mass is 323 g/mol. The zero-order chi connectivity index (χ0) is 16.9. The number of nitrogens with zero attached hydrogens (tertiary/aromatic N) is 1. The minimum Gasteiger partial charge on any atom is -0.509 e. The third-order valence-corrected chi connectivity index (χ3v) is 5.09. The van der Waals surface area contributed by atoms with Crippen LogP contribution in [-0.2, 0) is 15.1 Å². The number of hydrogen-bond donors (Lipinski definition) is 1. The van der Waals surface area contributed by atoms with Gasteiger partial charge in [0.1, 0.15) is 16.9 Å². The molecule has 0 amide bonds. The van der Waals surface area contributed by atoms with Crippen LogP contribution >= 0.6 is 0 Å². The average molecular weight is 323 g/mol. The van der Waals surface area contributed by atoms with Crippen LogP contribution < -0.4 is 0 Å². The Balaban J connectivity index is 1.97. The molecule has 2 aromatic rings. The number of allylic oxidation sites excluding steroid dienone is 1. The number of fused-ring (bicyclic) bond motifs is 2. The van der Waals surface area contributed by atoms with Crippen LogP contribution in [0.3, 0.4) is 0 Å². The van der Waals surface area contributed by atoms with Crippen molar-refractivity contribution in [2.45, 2.75) is 24.8 Å². The van der Waals surface area contributed by atoms with Crippen molar-refractivity contribution in [3.8, 4) is 11.3 Å². The molecule has 122 valence electrons. The number of benzene rings is 1. The number of ether oxygens (including phenoxy) is 1. The smallest absolute Gasteiger partial charge is 0.345 e. The van der Waals surface area contributed by atoms with Crippen LogP contribution in [0.1, 0.15) is 29.8 Å². The number of aliphatic hydroxyl groups excluding tert-OH is 1. The van der Waals surface area contributed by atoms with Crippen LogP contribution in [0, 0.1) is 0 Å². The Bertz CT molecular complexity index is 872. The van der Waals surface area contributed by atoms with E-state index in [-0.39, 0.29) is 11.3 Å². The number of aromatic nitrogens is 1. The lowest BCUT2D eigenvalue weighted by Crippen LogP contribution is -2.49. The number of hydrogen-bond acceptors (Lipinski definition) is 4. The molecule has 0 atom stereocenters. The maximum absolute atomic E-state index is 12.8. The molecule has 1 aromatic heterocycles. The molecule has 1 aliphatic carbocycles. The second kappa shape index (κ2) is 5.09. The van der Waals surface area contributed by atoms with Crippen molar-refractivity contribution >= 4 is 11.8 Å². The fourth-order valence-corrected chi connectivity index (χ4v) is 3.75. The van der Waals surface area contributed by atoms with E-state index in [4.69, 9.17) is 4.74 Å². The van der Waals surface area contributed by atoms with Crippen molar-refractivity contribution in [3.05, 3.63) is 59.5 Å². The molecule has 0 saturated heterocycles. The third-order valence-electron chi connectivity index (χ3n) is 5.09. The molecular weight excluding hydrogens is 306 g/mol. The summed E-state index contributed by atoms with van der Waals surface area (Å²) < 4.78 is 6.61. The predicted molar refractivity (Wildman–Crippen MR) is 87.7 cm³/mol. The van der Waals surface area contributed by atoms with E-state index in [1.54, 1.807) is 6.07 Å². The lowest BCUT2D eigenvalue weighted by atomic mass is 9.71. The highest BCUT2D eigenvalue weighted by Gasteiger charge is 2.52. The lowest BCUT2D eigenvalue weighted by Gasteiger charge is -2.47. The highest BCUT2D eigenvalue weighted by atomic mass is 16.5. The Morgan fingerprint density at radius 1 is 1.12 bits per heavy atom. The fourth-order valence-electron chi connectivity index (χ4n) is 3.75. The van der Waals surface area contributed by atoms with Crippen molar-refractivity contribution < 1.29 is 19.4 Å². The van der Waals surface area contributed by atoms with Gasteiger partial charge < -0.3 is 14.4 Å². The van der Waals surface area contributed by atoms with Gasteiger partial charge in [-0.3, -0.25) is 4.79 Å². The van der Waals surface area contributed by atoms with Gasteiger partial charge >= 0.3 is 5.97 Å². The maximum Gasteiger partial charge on any atom is 0.345 e. The molecule has 0 unspecified atom stereocenters. The number of Topliss-reactive ketones (excluding diaryl/α,β-unsaturated/α-hetero) is 1. The van der Waals surface area contributed by atoms with Crippen molar-refractivity contribution in [2.75, 3.05) is 7.11 Å². The Hall–Kier alpha value is -2.82. The first-order valence-electron chi connectivity index (χ1n) is 7.94. The highest BCUT2D eigenvalue weighted by Crippen LogP contribution is 2.51. The van der Waals surface area contributed by atoms with E-state index < -0.39 is 17.3 Å². The normalized spacial score (nSPS) is 18.3. The molecule has 1 fully saturated rings. The van der Waals surface area contributed by atoms with Crippen molar-refractivity contribution in [1.29, 1.82) is 0 Å². The predicted octanol–water partition coefficient (Wildman–Crippen LogP) is 3.22. The van der Waals surface area contributed by atoms with E-state index in [0.29, 0.717) is 18.5 Å². The van der Waals surface area contributed by atoms with Crippen molar-refractivity contribution in [3.63, 3.8) is 0 Å². The second-order valence-electron chi connectivity index (χ2n) is 6.23. The van der Waals surface area contributed by atoms with E-state index in [0.717, 1.165) is 17.7 Å². The topological polar surface area (TPSA) is 68.5 Å². The highest BCUT2D eigenvalue weighted by molar-refractivity contribution is 6.25. The number of carbonyl (C=O) groups is 2. The zero-order valence-electron chi connectivity index (χ0n) is 13.3. The molecule has 24 heavy (non-hydrogen) atoms. The van der Waals surface area contributed by atoms with Crippen LogP contribution in [0.5, 0.6) is 0 Å². The molecule has 1 aromatic carbocycles. The van der Waals surface area contributed by atoms with Crippen LogP contribution in [0.2, 0.25) is 0 Å². The van der Waals surface area contributed by atoms with Gasteiger partial charge in [-0.2, -0.15) is 0 Å². The minimum atomic E-state index is -0.780. The third kappa shape index (κ3) is 1.75. The Morgan fingerprint density at radius 3 is 2.38 bits per heavy atom. The van der Waals surface area contributed by atoms with Crippen LogP contribution in [0.15, 0.2) is 53.8 Å². The van der Waals surface area contributed by atoms with Gasteiger partial charge in [0.05, 0.1) is 12.8 Å². The standard InChI is InChI=1S/C19H17NO4/c1-24-18(23)15-16(21)14-9-8-13(12-6-3-2-4-7-12)20(14)19(17(15)22)10-5-11-19/h2-4,6-9,22H,5,10-11H2,1H3. The van der Waals surface area contributed by atoms with Gasteiger partial charge in [0, 0.05) is 5.69 Å². The van der Waals surface area contributed by atoms with Gasteiger partial charge in [-0.1, -0.05) is 30.3 Å². The molecule has 1 saturated carbocycles. The minimum absolute atomic E-state index is 0.161. The van der Waals surface area contributed by atoms with Gasteiger partial charge in [-0.15, -0.1) is 0 Å². The van der Waals surface area contributed by atoms with Crippen LogP contribution in [-0.4, -0.2) is 28.5 Å². The van der Waals surface area contributed by atoms with Gasteiger partial charge in [0.2, 0.25) is 5.78 Å². The number of esters is 1. The Kier molecular flexibility index (Phi) is 3.13. The van der Waals surface area contributed by atoms with E-state index >= 15 is 0 Å². The van der Waals surface area contributed by atoms with Crippen molar-refractivity contribution in [1.82, 2.24) is 4.57 Å². The van der Waals surface area contributed by atoms with E-state index in [1.807, 2.05) is 41.0 Å². The first-order valence-corrected chi connectivity index (χ1v) is 7.94. The summed E-state index contributed by atoms with van der Waals surface area (Å²) in [6.45, 7) is 0. The van der Waals surface area contributed by atoms with Crippen LogP contribution in [0.4, 0.5) is 0 Å². The number of rotatable bonds is 2. The summed E-state index contributed by atoms with van der Waals surface area (Å²) in [7, 11) is 1.21. The summed E-state index contributed by atoms with van der Waals surface area (Å²) in [5, 5.41) is 10.8. The number of ketones is 1. The molecule has 4 rings (SSSR count). The number of aliphatic hydroxyl groups is 1. The summed E-state index contributed by atoms with van der Waals surface area (Å²) >= 11 is 0. The first-order chi connectivity index (χ1) is 11.6. The summed E-state index contributed by atoms with van der Waals surface area (Å²) in [6.07, 6.45) is 2.31.